The molecule has 0 radical (unpaired) electrons. The van der Waals surface area contributed by atoms with Crippen LogP contribution in [0, 0.1) is 0 Å². The van der Waals surface area contributed by atoms with E-state index in [-0.39, 0.29) is 0 Å². The van der Waals surface area contributed by atoms with Gasteiger partial charge >= 0.3 is 0 Å². The molecule has 0 aliphatic heterocycles. The Morgan fingerprint density at radius 1 is 1.16 bits per heavy atom. The highest BCUT2D eigenvalue weighted by atomic mass is 79.9. The van der Waals surface area contributed by atoms with Crippen LogP contribution >= 0.6 is 15.9 Å². The second-order valence-corrected chi connectivity index (χ2v) is 5.73. The number of halogens is 1. The Morgan fingerprint density at radius 3 is 2.63 bits per heavy atom. The fraction of sp³-hybridized carbons (Fsp3) is 0.250. The summed E-state index contributed by atoms with van der Waals surface area (Å²) >= 11 is 3.39. The molecule has 0 saturated carbocycles. The van der Waals surface area contributed by atoms with Gasteiger partial charge in [0.05, 0.1) is 0 Å². The van der Waals surface area contributed by atoms with Crippen molar-refractivity contribution in [1.29, 1.82) is 0 Å². The maximum atomic E-state index is 5.85. The summed E-state index contributed by atoms with van der Waals surface area (Å²) in [6.07, 6.45) is 0. The minimum atomic E-state index is 0.506. The van der Waals surface area contributed by atoms with Crippen LogP contribution in [0.5, 0.6) is 5.75 Å². The Labute approximate surface area is 122 Å². The minimum absolute atomic E-state index is 0.506. The van der Waals surface area contributed by atoms with Crippen LogP contribution in [0.1, 0.15) is 30.9 Å². The van der Waals surface area contributed by atoms with Crippen LogP contribution in [0.2, 0.25) is 0 Å². The van der Waals surface area contributed by atoms with Gasteiger partial charge in [0.2, 0.25) is 0 Å². The highest BCUT2D eigenvalue weighted by Gasteiger charge is 2.02. The maximum absolute atomic E-state index is 5.85. The van der Waals surface area contributed by atoms with Crippen LogP contribution in [0.3, 0.4) is 0 Å². The molecule has 0 unspecified atom stereocenters. The smallest absolute Gasteiger partial charge is 0.120 e. The standard InChI is InChI=1S/C16H18BrNO/c1-11(2)13-4-3-5-14(9-13)19-10-12-6-7-15(17)16(18)8-12/h3-9,11H,10,18H2,1-2H3. The molecular formula is C16H18BrNO. The molecular weight excluding hydrogens is 302 g/mol. The summed E-state index contributed by atoms with van der Waals surface area (Å²) in [5, 5.41) is 0. The van der Waals surface area contributed by atoms with Crippen molar-refractivity contribution >= 4 is 21.6 Å². The van der Waals surface area contributed by atoms with Crippen molar-refractivity contribution in [1.82, 2.24) is 0 Å². The van der Waals surface area contributed by atoms with E-state index in [0.717, 1.165) is 21.5 Å². The van der Waals surface area contributed by atoms with Crippen LogP contribution in [0.25, 0.3) is 0 Å². The Balaban J connectivity index is 2.05. The maximum Gasteiger partial charge on any atom is 0.120 e. The molecule has 2 nitrogen and oxygen atoms in total. The van der Waals surface area contributed by atoms with Gasteiger partial charge in [-0.25, -0.2) is 0 Å². The average Bonchev–Trinajstić information content (AvgIpc) is 2.40. The number of benzene rings is 2. The molecule has 0 heterocycles. The van der Waals surface area contributed by atoms with Crippen LogP contribution in [-0.4, -0.2) is 0 Å². The molecule has 0 saturated heterocycles. The van der Waals surface area contributed by atoms with Gasteiger partial charge in [0.1, 0.15) is 12.4 Å². The van der Waals surface area contributed by atoms with E-state index in [2.05, 4.69) is 41.9 Å². The largest absolute Gasteiger partial charge is 0.489 e. The second-order valence-electron chi connectivity index (χ2n) is 4.87. The van der Waals surface area contributed by atoms with Crippen LogP contribution in [0.4, 0.5) is 5.69 Å². The number of anilines is 1. The van der Waals surface area contributed by atoms with E-state index < -0.39 is 0 Å². The molecule has 2 aromatic carbocycles. The van der Waals surface area contributed by atoms with E-state index in [1.54, 1.807) is 0 Å². The molecule has 0 amide bonds. The lowest BCUT2D eigenvalue weighted by Crippen LogP contribution is -1.98. The van der Waals surface area contributed by atoms with Crippen LogP contribution in [0.15, 0.2) is 46.9 Å². The van der Waals surface area contributed by atoms with E-state index in [9.17, 15) is 0 Å². The lowest BCUT2D eigenvalue weighted by atomic mass is 10.0. The van der Waals surface area contributed by atoms with E-state index in [4.69, 9.17) is 10.5 Å². The van der Waals surface area contributed by atoms with Gasteiger partial charge in [0.15, 0.2) is 0 Å². The van der Waals surface area contributed by atoms with Gasteiger partial charge in [-0.15, -0.1) is 0 Å². The van der Waals surface area contributed by atoms with Gasteiger partial charge in [-0.1, -0.05) is 32.0 Å². The summed E-state index contributed by atoms with van der Waals surface area (Å²) < 4.78 is 6.72. The molecule has 2 rings (SSSR count). The van der Waals surface area contributed by atoms with Crippen molar-refractivity contribution in [3.63, 3.8) is 0 Å². The Kier molecular flexibility index (Phi) is 4.48. The van der Waals surface area contributed by atoms with Crippen LogP contribution in [-0.2, 0) is 6.61 Å². The Hall–Kier alpha value is -1.48. The minimum Gasteiger partial charge on any atom is -0.489 e. The molecule has 0 spiro atoms. The lowest BCUT2D eigenvalue weighted by Gasteiger charge is -2.10. The normalized spacial score (nSPS) is 10.7. The van der Waals surface area contributed by atoms with Crippen molar-refractivity contribution in [3.05, 3.63) is 58.1 Å². The van der Waals surface area contributed by atoms with E-state index in [1.165, 1.54) is 5.56 Å². The second kappa shape index (κ2) is 6.11. The van der Waals surface area contributed by atoms with E-state index in [1.807, 2.05) is 30.3 Å². The number of ether oxygens (including phenoxy) is 1. The zero-order chi connectivity index (χ0) is 13.8. The quantitative estimate of drug-likeness (QED) is 0.826. The fourth-order valence-electron chi connectivity index (χ4n) is 1.81. The SMILES string of the molecule is CC(C)c1cccc(OCc2ccc(Br)c(N)c2)c1. The molecule has 0 aliphatic rings. The van der Waals surface area contributed by atoms with Gasteiger partial charge in [-0.2, -0.15) is 0 Å². The molecule has 0 fully saturated rings. The third-order valence-corrected chi connectivity index (χ3v) is 3.71. The van der Waals surface area contributed by atoms with E-state index in [0.29, 0.717) is 12.5 Å². The van der Waals surface area contributed by atoms with Crippen molar-refractivity contribution in [2.75, 3.05) is 5.73 Å². The summed E-state index contributed by atoms with van der Waals surface area (Å²) in [5.74, 6) is 1.40. The van der Waals surface area contributed by atoms with Gasteiger partial charge in [-0.3, -0.25) is 0 Å². The van der Waals surface area contributed by atoms with Crippen molar-refractivity contribution < 1.29 is 4.74 Å². The summed E-state index contributed by atoms with van der Waals surface area (Å²) in [5.41, 5.74) is 8.93. The summed E-state index contributed by atoms with van der Waals surface area (Å²) in [4.78, 5) is 0. The number of hydrogen-bond donors (Lipinski definition) is 1. The highest BCUT2D eigenvalue weighted by molar-refractivity contribution is 9.10. The molecule has 0 aromatic heterocycles. The monoisotopic (exact) mass is 319 g/mol. The molecule has 0 atom stereocenters. The predicted molar refractivity (Wildman–Crippen MR) is 83.4 cm³/mol. The van der Waals surface area contributed by atoms with Crippen molar-refractivity contribution in [2.45, 2.75) is 26.4 Å². The van der Waals surface area contributed by atoms with Crippen LogP contribution < -0.4 is 10.5 Å². The third kappa shape index (κ3) is 3.74. The zero-order valence-corrected chi connectivity index (χ0v) is 12.8. The number of rotatable bonds is 4. The predicted octanol–water partition coefficient (Wildman–Crippen LogP) is 4.73. The molecule has 0 aliphatic carbocycles. The average molecular weight is 320 g/mol. The summed E-state index contributed by atoms with van der Waals surface area (Å²) in [6.45, 7) is 4.88. The van der Waals surface area contributed by atoms with Crippen molar-refractivity contribution in [2.24, 2.45) is 0 Å². The lowest BCUT2D eigenvalue weighted by molar-refractivity contribution is 0.306. The van der Waals surface area contributed by atoms with Gasteiger partial charge in [0.25, 0.3) is 0 Å². The molecule has 2 aromatic rings. The molecule has 3 heteroatoms. The summed E-state index contributed by atoms with van der Waals surface area (Å²) in [6, 6.07) is 14.1. The first-order chi connectivity index (χ1) is 9.06. The van der Waals surface area contributed by atoms with Gasteiger partial charge < -0.3 is 10.5 Å². The van der Waals surface area contributed by atoms with E-state index >= 15 is 0 Å². The molecule has 2 N–H and O–H groups in total. The van der Waals surface area contributed by atoms with Gasteiger partial charge in [0, 0.05) is 10.2 Å². The van der Waals surface area contributed by atoms with Crippen molar-refractivity contribution in [3.8, 4) is 5.75 Å². The number of nitrogens with two attached hydrogens (primary N) is 1. The first kappa shape index (κ1) is 13.9. The Morgan fingerprint density at radius 2 is 1.95 bits per heavy atom. The molecule has 0 bridgehead atoms. The number of hydrogen-bond acceptors (Lipinski definition) is 2. The Bertz CT molecular complexity index is 566. The topological polar surface area (TPSA) is 35.2 Å². The first-order valence-corrected chi connectivity index (χ1v) is 7.12. The third-order valence-electron chi connectivity index (χ3n) is 2.99. The van der Waals surface area contributed by atoms with Gasteiger partial charge in [-0.05, 0) is 57.2 Å². The first-order valence-electron chi connectivity index (χ1n) is 6.33. The highest BCUT2D eigenvalue weighted by Crippen LogP contribution is 2.23. The summed E-state index contributed by atoms with van der Waals surface area (Å²) in [7, 11) is 0. The molecule has 19 heavy (non-hydrogen) atoms. The molecule has 100 valence electrons. The number of nitrogen functional groups attached to an aromatic ring is 1. The fourth-order valence-corrected chi connectivity index (χ4v) is 2.06. The zero-order valence-electron chi connectivity index (χ0n) is 11.2.